The molecule has 0 fully saturated rings. The van der Waals surface area contributed by atoms with Crippen LogP contribution in [0.25, 0.3) is 11.3 Å². The number of aryl methyl sites for hydroxylation is 1. The summed E-state index contributed by atoms with van der Waals surface area (Å²) in [5.74, 6) is -1.01. The molecule has 2 aromatic carbocycles. The lowest BCUT2D eigenvalue weighted by molar-refractivity contribution is 0.102. The molecule has 1 aromatic heterocycles. The van der Waals surface area contributed by atoms with Crippen molar-refractivity contribution >= 4 is 22.4 Å². The number of rotatable bonds is 4. The van der Waals surface area contributed by atoms with Crippen molar-refractivity contribution < 1.29 is 27.8 Å². The fourth-order valence-electron chi connectivity index (χ4n) is 2.93. The van der Waals surface area contributed by atoms with E-state index in [0.717, 1.165) is 17.0 Å². The number of thiazole rings is 1. The van der Waals surface area contributed by atoms with E-state index >= 15 is 0 Å². The summed E-state index contributed by atoms with van der Waals surface area (Å²) in [7, 11) is 1.48. The number of anilines is 1. The zero-order valence-electron chi connectivity index (χ0n) is 15.5. The van der Waals surface area contributed by atoms with Crippen molar-refractivity contribution in [2.24, 2.45) is 0 Å². The number of carbonyl (C=O) groups excluding carboxylic acids is 1. The molecule has 0 radical (unpaired) electrons. The summed E-state index contributed by atoms with van der Waals surface area (Å²) in [6, 6.07) is 6.69. The van der Waals surface area contributed by atoms with E-state index in [1.165, 1.54) is 24.5 Å². The number of hydrogen-bond donors (Lipinski definition) is 1. The Labute approximate surface area is 169 Å². The van der Waals surface area contributed by atoms with Crippen LogP contribution in [-0.2, 0) is 0 Å². The lowest BCUT2D eigenvalue weighted by atomic mass is 10.1. The maximum Gasteiger partial charge on any atom is 0.257 e. The number of fused-ring (bicyclic) bond motifs is 1. The largest absolute Gasteiger partial charge is 0.493 e. The van der Waals surface area contributed by atoms with Gasteiger partial charge in [-0.1, -0.05) is 0 Å². The molecule has 1 aliphatic rings. The molecule has 4 rings (SSSR count). The van der Waals surface area contributed by atoms with E-state index in [4.69, 9.17) is 14.2 Å². The highest BCUT2D eigenvalue weighted by atomic mass is 32.1. The normalized spacial score (nSPS) is 12.6. The molecule has 9 heteroatoms. The topological polar surface area (TPSA) is 69.7 Å². The Morgan fingerprint density at radius 1 is 1.17 bits per heavy atom. The Balaban J connectivity index is 1.60. The van der Waals surface area contributed by atoms with Crippen LogP contribution in [0.4, 0.5) is 13.9 Å². The van der Waals surface area contributed by atoms with Gasteiger partial charge in [0, 0.05) is 16.0 Å². The summed E-state index contributed by atoms with van der Waals surface area (Å²) in [6.45, 7) is 2.57. The number of aromatic nitrogens is 1. The van der Waals surface area contributed by atoms with Gasteiger partial charge in [0.2, 0.25) is 5.75 Å². The summed E-state index contributed by atoms with van der Waals surface area (Å²) in [5.41, 5.74) is 1.22. The maximum atomic E-state index is 13.5. The van der Waals surface area contributed by atoms with Gasteiger partial charge in [0.15, 0.2) is 28.3 Å². The van der Waals surface area contributed by atoms with Gasteiger partial charge in [-0.2, -0.15) is 0 Å². The third kappa shape index (κ3) is 3.73. The van der Waals surface area contributed by atoms with Crippen LogP contribution >= 0.6 is 11.3 Å². The van der Waals surface area contributed by atoms with Gasteiger partial charge in [-0.3, -0.25) is 10.1 Å². The summed E-state index contributed by atoms with van der Waals surface area (Å²) >= 11 is 1.23. The van der Waals surface area contributed by atoms with Crippen LogP contribution in [0.2, 0.25) is 0 Å². The van der Waals surface area contributed by atoms with E-state index in [-0.39, 0.29) is 0 Å². The van der Waals surface area contributed by atoms with Gasteiger partial charge in [0.1, 0.15) is 13.2 Å². The van der Waals surface area contributed by atoms with Crippen LogP contribution in [0, 0.1) is 18.6 Å². The van der Waals surface area contributed by atoms with Crippen LogP contribution < -0.4 is 19.5 Å². The molecule has 1 N–H and O–H groups in total. The maximum absolute atomic E-state index is 13.5. The van der Waals surface area contributed by atoms with Gasteiger partial charge in [-0.15, -0.1) is 11.3 Å². The third-order valence-electron chi connectivity index (χ3n) is 4.30. The molecule has 2 heterocycles. The van der Waals surface area contributed by atoms with E-state index in [0.29, 0.717) is 52.4 Å². The summed E-state index contributed by atoms with van der Waals surface area (Å²) < 4.78 is 43.1. The van der Waals surface area contributed by atoms with Gasteiger partial charge in [0.25, 0.3) is 5.91 Å². The van der Waals surface area contributed by atoms with E-state index in [9.17, 15) is 13.6 Å². The Morgan fingerprint density at radius 3 is 2.72 bits per heavy atom. The van der Waals surface area contributed by atoms with Crippen molar-refractivity contribution in [3.63, 3.8) is 0 Å². The number of nitrogens with one attached hydrogen (secondary N) is 1. The van der Waals surface area contributed by atoms with Crippen molar-refractivity contribution in [3.8, 4) is 28.5 Å². The number of halogens is 2. The van der Waals surface area contributed by atoms with Crippen molar-refractivity contribution in [3.05, 3.63) is 52.4 Å². The van der Waals surface area contributed by atoms with Crippen LogP contribution in [-0.4, -0.2) is 31.2 Å². The Hall–Kier alpha value is -3.20. The predicted octanol–water partition coefficient (Wildman–Crippen LogP) is 4.43. The van der Waals surface area contributed by atoms with E-state index < -0.39 is 17.5 Å². The molecule has 29 heavy (non-hydrogen) atoms. The van der Waals surface area contributed by atoms with Gasteiger partial charge in [-0.25, -0.2) is 13.8 Å². The minimum absolute atomic E-state index is 0.313. The molecule has 0 spiro atoms. The SMILES string of the molecule is COc1cc(C(=O)Nc2nc(-c3ccc(F)c(F)c3)c(C)s2)cc2c1OCCO2. The lowest BCUT2D eigenvalue weighted by Gasteiger charge is -2.21. The number of carbonyl (C=O) groups is 1. The van der Waals surface area contributed by atoms with E-state index in [1.807, 2.05) is 0 Å². The molecule has 0 atom stereocenters. The molecule has 3 aromatic rings. The number of benzene rings is 2. The quantitative estimate of drug-likeness (QED) is 0.679. The number of ether oxygens (including phenoxy) is 3. The minimum Gasteiger partial charge on any atom is -0.493 e. The molecular weight excluding hydrogens is 402 g/mol. The lowest BCUT2D eigenvalue weighted by Crippen LogP contribution is -2.18. The molecule has 0 saturated heterocycles. The molecule has 0 bridgehead atoms. The van der Waals surface area contributed by atoms with Crippen molar-refractivity contribution in [1.29, 1.82) is 0 Å². The summed E-state index contributed by atoms with van der Waals surface area (Å²) in [6.07, 6.45) is 0. The second-order valence-corrected chi connectivity index (χ2v) is 7.41. The smallest absolute Gasteiger partial charge is 0.257 e. The molecule has 1 aliphatic heterocycles. The van der Waals surface area contributed by atoms with Crippen LogP contribution in [0.5, 0.6) is 17.2 Å². The fraction of sp³-hybridized carbons (Fsp3) is 0.200. The third-order valence-corrected chi connectivity index (χ3v) is 5.19. The van der Waals surface area contributed by atoms with Crippen molar-refractivity contribution in [1.82, 2.24) is 4.98 Å². The van der Waals surface area contributed by atoms with E-state index in [2.05, 4.69) is 10.3 Å². The molecule has 6 nitrogen and oxygen atoms in total. The van der Waals surface area contributed by atoms with Gasteiger partial charge in [-0.05, 0) is 37.3 Å². The minimum atomic E-state index is -0.955. The number of methoxy groups -OCH3 is 1. The molecule has 0 saturated carbocycles. The number of amides is 1. The number of nitrogens with zero attached hydrogens (tertiary/aromatic N) is 1. The number of hydrogen-bond acceptors (Lipinski definition) is 6. The Morgan fingerprint density at radius 2 is 1.97 bits per heavy atom. The summed E-state index contributed by atoms with van der Waals surface area (Å²) in [5, 5.41) is 3.06. The van der Waals surface area contributed by atoms with Crippen molar-refractivity contribution in [2.45, 2.75) is 6.92 Å². The van der Waals surface area contributed by atoms with Crippen LogP contribution in [0.3, 0.4) is 0 Å². The summed E-state index contributed by atoms with van der Waals surface area (Å²) in [4.78, 5) is 17.8. The van der Waals surface area contributed by atoms with Gasteiger partial charge >= 0.3 is 0 Å². The van der Waals surface area contributed by atoms with Crippen LogP contribution in [0.1, 0.15) is 15.2 Å². The molecule has 0 unspecified atom stereocenters. The second kappa shape index (κ2) is 7.67. The Bertz CT molecular complexity index is 1080. The zero-order chi connectivity index (χ0) is 20.5. The average Bonchev–Trinajstić information content (AvgIpc) is 3.09. The fourth-order valence-corrected chi connectivity index (χ4v) is 3.77. The highest BCUT2D eigenvalue weighted by Crippen LogP contribution is 2.40. The first-order valence-electron chi connectivity index (χ1n) is 8.68. The molecule has 0 aliphatic carbocycles. The first-order valence-corrected chi connectivity index (χ1v) is 9.49. The first kappa shape index (κ1) is 19.1. The monoisotopic (exact) mass is 418 g/mol. The average molecular weight is 418 g/mol. The van der Waals surface area contributed by atoms with Gasteiger partial charge in [0.05, 0.1) is 12.8 Å². The molecule has 1 amide bonds. The highest BCUT2D eigenvalue weighted by molar-refractivity contribution is 7.16. The Kier molecular flexibility index (Phi) is 5.06. The second-order valence-electron chi connectivity index (χ2n) is 6.21. The highest BCUT2D eigenvalue weighted by Gasteiger charge is 2.22. The standard InChI is InChI=1S/C20H16F2N2O4S/c1-10-17(11-3-4-13(21)14(22)7-11)23-20(29-10)24-19(25)12-8-15(26-2)18-16(9-12)27-5-6-28-18/h3-4,7-9H,5-6H2,1-2H3,(H,23,24,25). The first-order chi connectivity index (χ1) is 14.0. The molecule has 150 valence electrons. The predicted molar refractivity (Wildman–Crippen MR) is 104 cm³/mol. The van der Waals surface area contributed by atoms with Gasteiger partial charge < -0.3 is 14.2 Å². The van der Waals surface area contributed by atoms with Crippen molar-refractivity contribution in [2.75, 3.05) is 25.6 Å². The molecular formula is C20H16F2N2O4S. The van der Waals surface area contributed by atoms with E-state index in [1.54, 1.807) is 19.1 Å². The van der Waals surface area contributed by atoms with Crippen LogP contribution in [0.15, 0.2) is 30.3 Å². The zero-order valence-corrected chi connectivity index (χ0v) is 16.4.